The van der Waals surface area contributed by atoms with Crippen LogP contribution >= 0.6 is 0 Å². The van der Waals surface area contributed by atoms with Gasteiger partial charge in [0.2, 0.25) is 0 Å². The number of rotatable bonds is 3. The molecule has 0 N–H and O–H groups in total. The zero-order valence-corrected chi connectivity index (χ0v) is 14.4. The van der Waals surface area contributed by atoms with Gasteiger partial charge in [-0.1, -0.05) is 0 Å². The number of hydrogen-bond acceptors (Lipinski definition) is 5. The third-order valence-electron chi connectivity index (χ3n) is 2.99. The van der Waals surface area contributed by atoms with Crippen molar-refractivity contribution in [2.45, 2.75) is 78.0 Å². The third-order valence-corrected chi connectivity index (χ3v) is 2.99. The van der Waals surface area contributed by atoms with Gasteiger partial charge in [0.05, 0.1) is 6.04 Å². The first kappa shape index (κ1) is 18.5. The SMILES string of the molecule is CC(C)(C)OC(=O)CC(=O)[C@@H]1CCCN1C(=O)OC(C)(C)C. The molecule has 0 aromatic heterocycles. The van der Waals surface area contributed by atoms with Gasteiger partial charge in [0.15, 0.2) is 5.78 Å². The molecular formula is C16H27NO5. The first-order valence-electron chi connectivity index (χ1n) is 7.63. The molecule has 0 radical (unpaired) electrons. The van der Waals surface area contributed by atoms with Crippen LogP contribution in [0.1, 0.15) is 60.8 Å². The number of nitrogens with zero attached hydrogens (tertiary/aromatic N) is 1. The molecule has 0 aromatic carbocycles. The van der Waals surface area contributed by atoms with Crippen LogP contribution in [0.25, 0.3) is 0 Å². The number of amides is 1. The number of carbonyl (C=O) groups is 3. The molecule has 6 nitrogen and oxygen atoms in total. The van der Waals surface area contributed by atoms with Crippen molar-refractivity contribution in [3.63, 3.8) is 0 Å². The van der Waals surface area contributed by atoms with Gasteiger partial charge in [-0.3, -0.25) is 14.5 Å². The summed E-state index contributed by atoms with van der Waals surface area (Å²) in [6, 6.07) is -0.595. The zero-order valence-electron chi connectivity index (χ0n) is 14.4. The second kappa shape index (κ2) is 6.67. The first-order chi connectivity index (χ1) is 9.89. The van der Waals surface area contributed by atoms with Crippen LogP contribution in [0.2, 0.25) is 0 Å². The number of Topliss-reactive ketones (excluding diaryl/α,β-unsaturated/α-hetero) is 1. The molecule has 1 aliphatic heterocycles. The van der Waals surface area contributed by atoms with E-state index < -0.39 is 29.3 Å². The number of ketones is 1. The van der Waals surface area contributed by atoms with E-state index >= 15 is 0 Å². The molecule has 1 atom stereocenters. The van der Waals surface area contributed by atoms with E-state index in [1.165, 1.54) is 4.90 Å². The molecule has 0 aliphatic carbocycles. The molecule has 1 amide bonds. The van der Waals surface area contributed by atoms with Crippen LogP contribution in [0.3, 0.4) is 0 Å². The molecule has 22 heavy (non-hydrogen) atoms. The van der Waals surface area contributed by atoms with Crippen LogP contribution in [-0.4, -0.2) is 46.5 Å². The third kappa shape index (κ3) is 6.03. The quantitative estimate of drug-likeness (QED) is 0.591. The van der Waals surface area contributed by atoms with E-state index in [1.54, 1.807) is 41.5 Å². The van der Waals surface area contributed by atoms with Gasteiger partial charge in [0.1, 0.15) is 17.6 Å². The molecule has 0 bridgehead atoms. The maximum atomic E-state index is 12.3. The Kier molecular flexibility index (Phi) is 5.59. The lowest BCUT2D eigenvalue weighted by Gasteiger charge is -2.28. The lowest BCUT2D eigenvalue weighted by molar-refractivity contribution is -0.156. The fraction of sp³-hybridized carbons (Fsp3) is 0.812. The predicted octanol–water partition coefficient (Wildman–Crippen LogP) is 2.69. The largest absolute Gasteiger partial charge is 0.460 e. The number of hydrogen-bond donors (Lipinski definition) is 0. The van der Waals surface area contributed by atoms with Crippen molar-refractivity contribution < 1.29 is 23.9 Å². The summed E-state index contributed by atoms with van der Waals surface area (Å²) in [5.41, 5.74) is -1.24. The fourth-order valence-corrected chi connectivity index (χ4v) is 2.28. The number of carbonyl (C=O) groups excluding carboxylic acids is 3. The Morgan fingerprint density at radius 2 is 1.55 bits per heavy atom. The second-order valence-corrected chi connectivity index (χ2v) is 7.56. The van der Waals surface area contributed by atoms with Crippen LogP contribution in [0.4, 0.5) is 4.79 Å². The Labute approximate surface area is 132 Å². The van der Waals surface area contributed by atoms with Gasteiger partial charge in [0.25, 0.3) is 0 Å². The normalized spacial score (nSPS) is 19.0. The van der Waals surface area contributed by atoms with Gasteiger partial charge in [-0.2, -0.15) is 0 Å². The summed E-state index contributed by atoms with van der Waals surface area (Å²) in [5.74, 6) is -0.855. The van der Waals surface area contributed by atoms with E-state index in [-0.39, 0.29) is 12.2 Å². The van der Waals surface area contributed by atoms with Crippen LogP contribution in [0, 0.1) is 0 Å². The molecule has 0 saturated carbocycles. The number of esters is 1. The summed E-state index contributed by atoms with van der Waals surface area (Å²) in [7, 11) is 0. The van der Waals surface area contributed by atoms with Gasteiger partial charge in [0, 0.05) is 6.54 Å². The minimum Gasteiger partial charge on any atom is -0.460 e. The summed E-state index contributed by atoms with van der Waals surface area (Å²) in [5, 5.41) is 0. The number of ether oxygens (including phenoxy) is 2. The van der Waals surface area contributed by atoms with Crippen molar-refractivity contribution in [1.29, 1.82) is 0 Å². The molecular weight excluding hydrogens is 286 g/mol. The average Bonchev–Trinajstić information content (AvgIpc) is 2.71. The molecule has 1 rings (SSSR count). The monoisotopic (exact) mass is 313 g/mol. The molecule has 6 heteroatoms. The lowest BCUT2D eigenvalue weighted by atomic mass is 10.1. The maximum absolute atomic E-state index is 12.3. The summed E-state index contributed by atoms with van der Waals surface area (Å²) in [4.78, 5) is 37.6. The molecule has 0 unspecified atom stereocenters. The van der Waals surface area contributed by atoms with Crippen molar-refractivity contribution in [2.24, 2.45) is 0 Å². The van der Waals surface area contributed by atoms with Gasteiger partial charge >= 0.3 is 12.1 Å². The average molecular weight is 313 g/mol. The minimum absolute atomic E-state index is 0.294. The van der Waals surface area contributed by atoms with Crippen molar-refractivity contribution in [1.82, 2.24) is 4.90 Å². The van der Waals surface area contributed by atoms with Crippen molar-refractivity contribution in [2.75, 3.05) is 6.54 Å². The molecule has 1 fully saturated rings. The number of likely N-dealkylation sites (tertiary alicyclic amines) is 1. The first-order valence-corrected chi connectivity index (χ1v) is 7.63. The Morgan fingerprint density at radius 3 is 2.05 bits per heavy atom. The van der Waals surface area contributed by atoms with E-state index in [9.17, 15) is 14.4 Å². The molecule has 1 aliphatic rings. The summed E-state index contributed by atoms with van der Waals surface area (Å²) >= 11 is 0. The molecule has 1 saturated heterocycles. The highest BCUT2D eigenvalue weighted by Crippen LogP contribution is 2.22. The topological polar surface area (TPSA) is 72.9 Å². The Morgan fingerprint density at radius 1 is 1.00 bits per heavy atom. The molecule has 1 heterocycles. The Balaban J connectivity index is 2.64. The molecule has 0 spiro atoms. The Hall–Kier alpha value is -1.59. The minimum atomic E-state index is -0.627. The van der Waals surface area contributed by atoms with Crippen molar-refractivity contribution in [3.8, 4) is 0 Å². The summed E-state index contributed by atoms with van der Waals surface area (Å²) < 4.78 is 10.5. The Bertz CT molecular complexity index is 444. The van der Waals surface area contributed by atoms with Crippen LogP contribution in [-0.2, 0) is 19.1 Å². The fourth-order valence-electron chi connectivity index (χ4n) is 2.28. The molecule has 0 aromatic rings. The highest BCUT2D eigenvalue weighted by atomic mass is 16.6. The van der Waals surface area contributed by atoms with Crippen molar-refractivity contribution in [3.05, 3.63) is 0 Å². The standard InChI is InChI=1S/C16H27NO5/c1-15(2,3)21-13(19)10-12(18)11-8-7-9-17(11)14(20)22-16(4,5)6/h11H,7-10H2,1-6H3/t11-/m0/s1. The van der Waals surface area contributed by atoms with E-state index in [4.69, 9.17) is 9.47 Å². The maximum Gasteiger partial charge on any atom is 0.410 e. The van der Waals surface area contributed by atoms with Gasteiger partial charge in [-0.15, -0.1) is 0 Å². The highest BCUT2D eigenvalue weighted by Gasteiger charge is 2.37. The smallest absolute Gasteiger partial charge is 0.410 e. The highest BCUT2D eigenvalue weighted by molar-refractivity contribution is 6.00. The van der Waals surface area contributed by atoms with E-state index in [0.29, 0.717) is 13.0 Å². The zero-order chi connectivity index (χ0) is 17.1. The molecule has 126 valence electrons. The van der Waals surface area contributed by atoms with Gasteiger partial charge < -0.3 is 9.47 Å². The van der Waals surface area contributed by atoms with Crippen LogP contribution < -0.4 is 0 Å². The summed E-state index contributed by atoms with van der Waals surface area (Å²) in [6.45, 7) is 11.0. The predicted molar refractivity (Wildman–Crippen MR) is 81.4 cm³/mol. The van der Waals surface area contributed by atoms with Gasteiger partial charge in [-0.05, 0) is 54.4 Å². The van der Waals surface area contributed by atoms with Crippen molar-refractivity contribution >= 4 is 17.8 Å². The van der Waals surface area contributed by atoms with E-state index in [2.05, 4.69) is 0 Å². The summed E-state index contributed by atoms with van der Waals surface area (Å²) in [6.07, 6.45) is 0.457. The van der Waals surface area contributed by atoms with E-state index in [0.717, 1.165) is 6.42 Å². The second-order valence-electron chi connectivity index (χ2n) is 7.56. The lowest BCUT2D eigenvalue weighted by Crippen LogP contribution is -2.44. The van der Waals surface area contributed by atoms with Crippen LogP contribution in [0.5, 0.6) is 0 Å². The van der Waals surface area contributed by atoms with E-state index in [1.807, 2.05) is 0 Å². The van der Waals surface area contributed by atoms with Crippen LogP contribution in [0.15, 0.2) is 0 Å². The van der Waals surface area contributed by atoms with Gasteiger partial charge in [-0.25, -0.2) is 4.79 Å².